The molecule has 3 aromatic rings. The molecule has 0 aliphatic heterocycles. The summed E-state index contributed by atoms with van der Waals surface area (Å²) in [5.41, 5.74) is 1.90. The molecule has 0 saturated carbocycles. The van der Waals surface area contributed by atoms with Crippen LogP contribution in [-0.2, 0) is 6.54 Å². The number of hydrogen-bond acceptors (Lipinski definition) is 5. The second-order valence-corrected chi connectivity index (χ2v) is 5.01. The van der Waals surface area contributed by atoms with Gasteiger partial charge in [-0.2, -0.15) is 10.4 Å². The maximum atomic E-state index is 11.8. The van der Waals surface area contributed by atoms with Crippen molar-refractivity contribution in [2.45, 2.75) is 6.54 Å². The van der Waals surface area contributed by atoms with E-state index in [-0.39, 0.29) is 6.03 Å². The van der Waals surface area contributed by atoms with E-state index in [4.69, 9.17) is 10.00 Å². The smallest absolute Gasteiger partial charge is 0.319 e. The van der Waals surface area contributed by atoms with E-state index >= 15 is 0 Å². The van der Waals surface area contributed by atoms with E-state index in [1.165, 1.54) is 6.20 Å². The summed E-state index contributed by atoms with van der Waals surface area (Å²) in [5, 5.41) is 20.7. The van der Waals surface area contributed by atoms with E-state index in [9.17, 15) is 4.79 Å². The fourth-order valence-corrected chi connectivity index (χ4v) is 1.97. The van der Waals surface area contributed by atoms with Crippen molar-refractivity contribution in [3.05, 3.63) is 66.1 Å². The lowest BCUT2D eigenvalue weighted by Gasteiger charge is -2.08. The summed E-state index contributed by atoms with van der Waals surface area (Å²) in [6.45, 7) is 0.346. The van der Waals surface area contributed by atoms with Gasteiger partial charge in [0.05, 0.1) is 35.8 Å². The Bertz CT molecular complexity index is 867. The van der Waals surface area contributed by atoms with E-state index in [1.54, 1.807) is 48.7 Å². The molecule has 0 atom stereocenters. The van der Waals surface area contributed by atoms with Gasteiger partial charge < -0.3 is 15.4 Å². The highest BCUT2D eigenvalue weighted by Gasteiger charge is 2.04. The van der Waals surface area contributed by atoms with Crippen LogP contribution in [-0.4, -0.2) is 21.2 Å². The lowest BCUT2D eigenvalue weighted by atomic mass is 10.2. The first-order chi connectivity index (χ1) is 12.2. The number of amides is 2. The molecule has 8 nitrogen and oxygen atoms in total. The second kappa shape index (κ2) is 7.61. The predicted molar refractivity (Wildman–Crippen MR) is 89.9 cm³/mol. The minimum atomic E-state index is -0.350. The summed E-state index contributed by atoms with van der Waals surface area (Å²) in [6, 6.07) is 13.5. The van der Waals surface area contributed by atoms with Gasteiger partial charge in [-0.25, -0.2) is 9.78 Å². The molecule has 0 aliphatic carbocycles. The van der Waals surface area contributed by atoms with Crippen molar-refractivity contribution in [3.8, 4) is 17.7 Å². The van der Waals surface area contributed by atoms with Gasteiger partial charge in [0.2, 0.25) is 5.88 Å². The summed E-state index contributed by atoms with van der Waals surface area (Å²) in [6.07, 6.45) is 3.11. The van der Waals surface area contributed by atoms with Crippen molar-refractivity contribution in [1.29, 1.82) is 5.26 Å². The number of carbonyl (C=O) groups excluding carboxylic acids is 1. The van der Waals surface area contributed by atoms with Crippen molar-refractivity contribution in [3.63, 3.8) is 0 Å². The summed E-state index contributed by atoms with van der Waals surface area (Å²) in [5.74, 6) is 0.956. The Balaban J connectivity index is 1.52. The average molecular weight is 334 g/mol. The highest BCUT2D eigenvalue weighted by atomic mass is 16.5. The molecule has 2 aromatic heterocycles. The van der Waals surface area contributed by atoms with Gasteiger partial charge in [0.15, 0.2) is 0 Å². The number of H-pyrrole nitrogens is 1. The van der Waals surface area contributed by atoms with Gasteiger partial charge in [-0.1, -0.05) is 0 Å². The average Bonchev–Trinajstić information content (AvgIpc) is 3.16. The van der Waals surface area contributed by atoms with Gasteiger partial charge in [0.1, 0.15) is 5.75 Å². The molecule has 2 amide bonds. The van der Waals surface area contributed by atoms with E-state index < -0.39 is 0 Å². The lowest BCUT2D eigenvalue weighted by Crippen LogP contribution is -2.28. The van der Waals surface area contributed by atoms with E-state index in [0.29, 0.717) is 29.4 Å². The Hall–Kier alpha value is -3.86. The number of anilines is 1. The van der Waals surface area contributed by atoms with Gasteiger partial charge in [0.25, 0.3) is 0 Å². The molecule has 124 valence electrons. The van der Waals surface area contributed by atoms with Crippen LogP contribution in [0, 0.1) is 11.3 Å². The zero-order chi connectivity index (χ0) is 17.5. The number of ether oxygens (including phenoxy) is 1. The molecule has 1 aromatic carbocycles. The minimum absolute atomic E-state index is 0.346. The fraction of sp³-hybridized carbons (Fsp3) is 0.0588. The Kier molecular flexibility index (Phi) is 4.87. The van der Waals surface area contributed by atoms with Gasteiger partial charge in [0, 0.05) is 12.3 Å². The normalized spacial score (nSPS) is 9.88. The third-order valence-electron chi connectivity index (χ3n) is 3.20. The van der Waals surface area contributed by atoms with Crippen molar-refractivity contribution in [2.24, 2.45) is 0 Å². The standard InChI is InChI=1S/C17H14N6O2/c18-9-12-1-4-15(5-2-12)25-16-6-3-13(10-19-16)22-17(24)20-11-14-7-8-21-23-14/h1-8,10H,11H2,(H,21,23)(H2,20,22,24). The van der Waals surface area contributed by atoms with Crippen LogP contribution in [0.5, 0.6) is 11.6 Å². The van der Waals surface area contributed by atoms with Crippen LogP contribution in [0.3, 0.4) is 0 Å². The molecule has 2 heterocycles. The molecule has 25 heavy (non-hydrogen) atoms. The van der Waals surface area contributed by atoms with Gasteiger partial charge in [-0.15, -0.1) is 0 Å². The third kappa shape index (κ3) is 4.56. The quantitative estimate of drug-likeness (QED) is 0.663. The lowest BCUT2D eigenvalue weighted by molar-refractivity contribution is 0.251. The van der Waals surface area contributed by atoms with Crippen molar-refractivity contribution in [1.82, 2.24) is 20.5 Å². The van der Waals surface area contributed by atoms with Crippen LogP contribution in [0.4, 0.5) is 10.5 Å². The first kappa shape index (κ1) is 16.0. The zero-order valence-electron chi connectivity index (χ0n) is 13.1. The van der Waals surface area contributed by atoms with Crippen molar-refractivity contribution in [2.75, 3.05) is 5.32 Å². The number of hydrogen-bond donors (Lipinski definition) is 3. The van der Waals surface area contributed by atoms with E-state index in [1.807, 2.05) is 6.07 Å². The Morgan fingerprint density at radius 1 is 1.20 bits per heavy atom. The first-order valence-electron chi connectivity index (χ1n) is 7.40. The Labute approximate surface area is 143 Å². The van der Waals surface area contributed by atoms with Crippen LogP contribution in [0.2, 0.25) is 0 Å². The van der Waals surface area contributed by atoms with Crippen LogP contribution in [0.1, 0.15) is 11.3 Å². The fourth-order valence-electron chi connectivity index (χ4n) is 1.97. The molecule has 0 spiro atoms. The van der Waals surface area contributed by atoms with Gasteiger partial charge >= 0.3 is 6.03 Å². The van der Waals surface area contributed by atoms with E-state index in [0.717, 1.165) is 5.69 Å². The van der Waals surface area contributed by atoms with Crippen LogP contribution < -0.4 is 15.4 Å². The summed E-state index contributed by atoms with van der Waals surface area (Å²) < 4.78 is 5.57. The Morgan fingerprint density at radius 3 is 2.68 bits per heavy atom. The van der Waals surface area contributed by atoms with Gasteiger partial charge in [-0.3, -0.25) is 5.10 Å². The van der Waals surface area contributed by atoms with E-state index in [2.05, 4.69) is 25.8 Å². The molecule has 0 aliphatic rings. The SMILES string of the molecule is N#Cc1ccc(Oc2ccc(NC(=O)NCc3ccn[nH]3)cn2)cc1. The summed E-state index contributed by atoms with van der Waals surface area (Å²) in [4.78, 5) is 15.9. The highest BCUT2D eigenvalue weighted by Crippen LogP contribution is 2.20. The zero-order valence-corrected chi connectivity index (χ0v) is 13.1. The minimum Gasteiger partial charge on any atom is -0.439 e. The number of benzene rings is 1. The maximum Gasteiger partial charge on any atom is 0.319 e. The molecule has 3 rings (SSSR count). The molecular weight excluding hydrogens is 320 g/mol. The molecule has 0 fully saturated rings. The number of aromatic amines is 1. The number of pyridine rings is 1. The largest absolute Gasteiger partial charge is 0.439 e. The number of urea groups is 1. The number of rotatable bonds is 5. The number of nitrogens with one attached hydrogen (secondary N) is 3. The Morgan fingerprint density at radius 2 is 2.04 bits per heavy atom. The first-order valence-corrected chi connectivity index (χ1v) is 7.40. The molecular formula is C17H14N6O2. The van der Waals surface area contributed by atoms with Crippen molar-refractivity contribution < 1.29 is 9.53 Å². The summed E-state index contributed by atoms with van der Waals surface area (Å²) in [7, 11) is 0. The third-order valence-corrected chi connectivity index (χ3v) is 3.20. The van der Waals surface area contributed by atoms with Crippen LogP contribution >= 0.6 is 0 Å². The molecule has 0 saturated heterocycles. The molecule has 8 heteroatoms. The van der Waals surface area contributed by atoms with Crippen molar-refractivity contribution >= 4 is 11.7 Å². The summed E-state index contributed by atoms with van der Waals surface area (Å²) >= 11 is 0. The molecule has 0 bridgehead atoms. The number of aromatic nitrogens is 3. The van der Waals surface area contributed by atoms with Gasteiger partial charge in [-0.05, 0) is 36.4 Å². The number of nitrogens with zero attached hydrogens (tertiary/aromatic N) is 3. The molecule has 0 radical (unpaired) electrons. The van der Waals surface area contributed by atoms with Crippen LogP contribution in [0.25, 0.3) is 0 Å². The topological polar surface area (TPSA) is 116 Å². The predicted octanol–water partition coefficient (Wildman–Crippen LogP) is 2.79. The monoisotopic (exact) mass is 334 g/mol. The molecule has 3 N–H and O–H groups in total. The second-order valence-electron chi connectivity index (χ2n) is 5.01. The number of carbonyl (C=O) groups is 1. The number of nitriles is 1. The molecule has 0 unspecified atom stereocenters. The highest BCUT2D eigenvalue weighted by molar-refractivity contribution is 5.88. The maximum absolute atomic E-state index is 11.8. The van der Waals surface area contributed by atoms with Crippen LogP contribution in [0.15, 0.2) is 54.9 Å².